The third-order valence-corrected chi connectivity index (χ3v) is 8.83. The van der Waals surface area contributed by atoms with E-state index in [1.807, 2.05) is 42.5 Å². The zero-order chi connectivity index (χ0) is 23.1. The maximum absolute atomic E-state index is 12.1. The fourth-order valence-corrected chi connectivity index (χ4v) is 7.14. The number of para-hydroxylation sites is 1. The lowest BCUT2D eigenvalue weighted by Crippen LogP contribution is -2.31. The van der Waals surface area contributed by atoms with Crippen molar-refractivity contribution in [2.45, 2.75) is 40.8 Å². The molecule has 5 rings (SSSR count). The van der Waals surface area contributed by atoms with Gasteiger partial charge in [-0.25, -0.2) is 0 Å². The summed E-state index contributed by atoms with van der Waals surface area (Å²) in [5.74, 6) is 0.257. The third-order valence-electron chi connectivity index (χ3n) is 6.72. The Hall–Kier alpha value is -2.83. The van der Waals surface area contributed by atoms with Crippen LogP contribution in [0.25, 0.3) is 0 Å². The molecule has 1 heterocycles. The van der Waals surface area contributed by atoms with Gasteiger partial charge in [-0.05, 0) is 54.7 Å². The molecular formula is C26H23ClN2O3S. The number of fused-ring (bicyclic) bond motifs is 3. The van der Waals surface area contributed by atoms with Crippen molar-refractivity contribution in [2.75, 3.05) is 5.32 Å². The van der Waals surface area contributed by atoms with Gasteiger partial charge in [0.05, 0.1) is 21.2 Å². The molecule has 0 spiro atoms. The Balaban J connectivity index is 1.55. The summed E-state index contributed by atoms with van der Waals surface area (Å²) in [6.07, 6.45) is 0.811. The Kier molecular flexibility index (Phi) is 5.89. The smallest absolute Gasteiger partial charge is 0.282 e. The monoisotopic (exact) mass is 478 g/mol. The predicted molar refractivity (Wildman–Crippen MR) is 132 cm³/mol. The van der Waals surface area contributed by atoms with Crippen molar-refractivity contribution in [2.24, 2.45) is 5.92 Å². The Bertz CT molecular complexity index is 1220. The molecule has 0 radical (unpaired) electrons. The number of hydrogen-bond donors (Lipinski definition) is 1. The molecule has 0 amide bonds. The van der Waals surface area contributed by atoms with Gasteiger partial charge in [0.1, 0.15) is 0 Å². The molecule has 5 nitrogen and oxygen atoms in total. The number of rotatable bonds is 5. The number of benzene rings is 3. The average Bonchev–Trinajstić information content (AvgIpc) is 3.15. The number of nitrogens with one attached hydrogen (secondary N) is 1. The van der Waals surface area contributed by atoms with Crippen LogP contribution in [0, 0.1) is 16.0 Å². The number of carbonyl (C=O) groups is 1. The van der Waals surface area contributed by atoms with Gasteiger partial charge in [0, 0.05) is 28.5 Å². The van der Waals surface area contributed by atoms with E-state index in [0.717, 1.165) is 17.7 Å². The lowest BCUT2D eigenvalue weighted by Gasteiger charge is -2.38. The first kappa shape index (κ1) is 22.0. The number of Topliss-reactive ketones (excluding diaryl/α,β-unsaturated/α-hetero) is 1. The second-order valence-corrected chi connectivity index (χ2v) is 10.4. The van der Waals surface area contributed by atoms with E-state index in [9.17, 15) is 14.9 Å². The minimum atomic E-state index is -0.337. The molecule has 2 aliphatic rings. The maximum Gasteiger partial charge on any atom is 0.282 e. The van der Waals surface area contributed by atoms with Gasteiger partial charge >= 0.3 is 0 Å². The second kappa shape index (κ2) is 8.84. The number of nitrogens with zero attached hydrogens (tertiary/aromatic N) is 1. The summed E-state index contributed by atoms with van der Waals surface area (Å²) < 4.78 is 0. The molecule has 1 aliphatic heterocycles. The third kappa shape index (κ3) is 4.02. The fourth-order valence-electron chi connectivity index (χ4n) is 5.20. The summed E-state index contributed by atoms with van der Waals surface area (Å²) in [5, 5.41) is 15.0. The molecule has 3 aromatic rings. The zero-order valence-electron chi connectivity index (χ0n) is 18.0. The van der Waals surface area contributed by atoms with Crippen molar-refractivity contribution >= 4 is 40.5 Å². The van der Waals surface area contributed by atoms with Crippen LogP contribution in [-0.2, 0) is 0 Å². The number of nitro benzene ring substituents is 1. The molecule has 0 unspecified atom stereocenters. The van der Waals surface area contributed by atoms with Crippen LogP contribution in [0.4, 0.5) is 11.4 Å². The van der Waals surface area contributed by atoms with Gasteiger partial charge in [-0.2, -0.15) is 0 Å². The van der Waals surface area contributed by atoms with Gasteiger partial charge in [0.15, 0.2) is 5.78 Å². The van der Waals surface area contributed by atoms with Crippen LogP contribution in [0.2, 0.25) is 0 Å². The van der Waals surface area contributed by atoms with Gasteiger partial charge in [-0.3, -0.25) is 14.9 Å². The lowest BCUT2D eigenvalue weighted by molar-refractivity contribution is -0.387. The number of alkyl halides is 1. The number of nitro groups is 1. The highest BCUT2D eigenvalue weighted by Gasteiger charge is 2.50. The minimum Gasteiger partial charge on any atom is -0.378 e. The number of hydrogen-bond acceptors (Lipinski definition) is 5. The van der Waals surface area contributed by atoms with E-state index in [0.29, 0.717) is 10.5 Å². The highest BCUT2D eigenvalue weighted by atomic mass is 35.5. The highest BCUT2D eigenvalue weighted by Crippen LogP contribution is 2.58. The fraction of sp³-hybridized carbons (Fsp3) is 0.269. The molecule has 0 saturated heterocycles. The topological polar surface area (TPSA) is 72.2 Å². The molecule has 33 heavy (non-hydrogen) atoms. The van der Waals surface area contributed by atoms with Crippen LogP contribution in [-0.4, -0.2) is 21.3 Å². The molecule has 1 fully saturated rings. The van der Waals surface area contributed by atoms with Crippen molar-refractivity contribution < 1.29 is 9.72 Å². The van der Waals surface area contributed by atoms with E-state index in [1.54, 1.807) is 19.1 Å². The number of anilines is 1. The van der Waals surface area contributed by atoms with Crippen LogP contribution >= 0.6 is 23.4 Å². The zero-order valence-corrected chi connectivity index (χ0v) is 19.6. The first-order valence-corrected chi connectivity index (χ1v) is 12.3. The molecular weight excluding hydrogens is 456 g/mol. The van der Waals surface area contributed by atoms with Gasteiger partial charge in [0.2, 0.25) is 0 Å². The Morgan fingerprint density at radius 2 is 1.82 bits per heavy atom. The Morgan fingerprint density at radius 1 is 1.09 bits per heavy atom. The van der Waals surface area contributed by atoms with E-state index in [2.05, 4.69) is 17.4 Å². The van der Waals surface area contributed by atoms with Crippen molar-refractivity contribution in [1.29, 1.82) is 0 Å². The number of ketones is 1. The maximum atomic E-state index is 12.1. The van der Waals surface area contributed by atoms with E-state index < -0.39 is 0 Å². The average molecular weight is 479 g/mol. The van der Waals surface area contributed by atoms with E-state index in [-0.39, 0.29) is 44.9 Å². The molecule has 1 N–H and O–H groups in total. The summed E-state index contributed by atoms with van der Waals surface area (Å²) in [5.41, 5.74) is 4.03. The van der Waals surface area contributed by atoms with Crippen molar-refractivity contribution in [1.82, 2.24) is 0 Å². The molecule has 1 aliphatic carbocycles. The van der Waals surface area contributed by atoms with E-state index in [4.69, 9.17) is 11.6 Å². The number of carbonyl (C=O) groups excluding carboxylic acids is 1. The minimum absolute atomic E-state index is 0.00251. The SMILES string of the molecule is CC(=O)c1ccc2c(c1)[C@@H]1[C@H](Cl)[C@H](Sc3ccccc3[N+](=O)[O-])C[C@H]1[C@H](c1ccccc1)N2. The first-order chi connectivity index (χ1) is 15.9. The molecule has 168 valence electrons. The normalized spacial score (nSPS) is 25.6. The molecule has 7 heteroatoms. The van der Waals surface area contributed by atoms with Crippen LogP contribution < -0.4 is 5.32 Å². The molecule has 0 aromatic heterocycles. The van der Waals surface area contributed by atoms with Crippen LogP contribution in [0.15, 0.2) is 77.7 Å². The summed E-state index contributed by atoms with van der Waals surface area (Å²) in [6, 6.07) is 23.0. The highest BCUT2D eigenvalue weighted by molar-refractivity contribution is 8.00. The summed E-state index contributed by atoms with van der Waals surface area (Å²) >= 11 is 8.64. The number of thioether (sulfide) groups is 1. The first-order valence-electron chi connectivity index (χ1n) is 10.9. The second-order valence-electron chi connectivity index (χ2n) is 8.64. The molecule has 0 bridgehead atoms. The predicted octanol–water partition coefficient (Wildman–Crippen LogP) is 6.84. The molecule has 3 aromatic carbocycles. The standard InChI is InChI=1S/C26H23ClN2O3S/c1-15(30)17-11-12-20-18(13-17)24-19(26(28-20)16-7-3-2-4-8-16)14-23(25(24)27)33-22-10-6-5-9-21(22)29(31)32/h2-13,19,23-26,28H,14H2,1H3/t19-,23-,24+,25-,26+/m1/s1. The van der Waals surface area contributed by atoms with Gasteiger partial charge in [-0.1, -0.05) is 42.5 Å². The van der Waals surface area contributed by atoms with Crippen molar-refractivity contribution in [3.05, 3.63) is 99.6 Å². The largest absolute Gasteiger partial charge is 0.378 e. The summed E-state index contributed by atoms with van der Waals surface area (Å²) in [4.78, 5) is 23.9. The van der Waals surface area contributed by atoms with Gasteiger partial charge < -0.3 is 5.32 Å². The quantitative estimate of drug-likeness (QED) is 0.188. The van der Waals surface area contributed by atoms with E-state index >= 15 is 0 Å². The van der Waals surface area contributed by atoms with Crippen LogP contribution in [0.1, 0.15) is 46.8 Å². The van der Waals surface area contributed by atoms with E-state index in [1.165, 1.54) is 23.4 Å². The molecule has 1 saturated carbocycles. The summed E-state index contributed by atoms with van der Waals surface area (Å²) in [7, 11) is 0. The number of halogens is 1. The van der Waals surface area contributed by atoms with Crippen molar-refractivity contribution in [3.63, 3.8) is 0 Å². The van der Waals surface area contributed by atoms with Crippen molar-refractivity contribution in [3.8, 4) is 0 Å². The summed E-state index contributed by atoms with van der Waals surface area (Å²) in [6.45, 7) is 1.57. The van der Waals surface area contributed by atoms with Crippen LogP contribution in [0.5, 0.6) is 0 Å². The molecule has 5 atom stereocenters. The lowest BCUT2D eigenvalue weighted by atomic mass is 9.76. The van der Waals surface area contributed by atoms with Gasteiger partial charge in [0.25, 0.3) is 5.69 Å². The Morgan fingerprint density at radius 3 is 2.55 bits per heavy atom. The van der Waals surface area contributed by atoms with Gasteiger partial charge in [-0.15, -0.1) is 23.4 Å². The Labute approximate surface area is 201 Å². The van der Waals surface area contributed by atoms with Crippen LogP contribution in [0.3, 0.4) is 0 Å².